The van der Waals surface area contributed by atoms with Crippen LogP contribution in [-0.2, 0) is 11.3 Å². The second kappa shape index (κ2) is 6.84. The van der Waals surface area contributed by atoms with Gasteiger partial charge in [-0.3, -0.25) is 14.9 Å². The molecule has 1 rings (SSSR count). The van der Waals surface area contributed by atoms with Crippen molar-refractivity contribution in [2.45, 2.75) is 32.9 Å². The van der Waals surface area contributed by atoms with E-state index in [2.05, 4.69) is 5.32 Å². The molecule has 1 aromatic rings. The van der Waals surface area contributed by atoms with Gasteiger partial charge in [0.05, 0.1) is 4.92 Å². The first-order valence-electron chi connectivity index (χ1n) is 6.09. The Morgan fingerprint density at radius 1 is 1.47 bits per heavy atom. The first-order chi connectivity index (χ1) is 8.90. The third kappa shape index (κ3) is 5.05. The third-order valence-corrected chi connectivity index (χ3v) is 2.68. The van der Waals surface area contributed by atoms with E-state index in [9.17, 15) is 14.9 Å². The molecule has 0 aliphatic carbocycles. The van der Waals surface area contributed by atoms with Crippen molar-refractivity contribution in [2.75, 3.05) is 0 Å². The molecular formula is C13H18N2O4. The molecule has 1 atom stereocenters. The topological polar surface area (TPSA) is 92.5 Å². The number of nitro benzene ring substituents is 1. The number of carboxylic acids is 1. The molecule has 0 unspecified atom stereocenters. The first kappa shape index (κ1) is 15.1. The molecule has 19 heavy (non-hydrogen) atoms. The highest BCUT2D eigenvalue weighted by Gasteiger charge is 2.18. The lowest BCUT2D eigenvalue weighted by Crippen LogP contribution is -2.37. The van der Waals surface area contributed by atoms with Gasteiger partial charge in [-0.25, -0.2) is 0 Å². The Hall–Kier alpha value is -1.95. The fourth-order valence-corrected chi connectivity index (χ4v) is 1.76. The SMILES string of the molecule is CC(C)C[C@@H](NCc1cccc([N+](=O)[O-])c1)C(=O)O. The molecular weight excluding hydrogens is 248 g/mol. The summed E-state index contributed by atoms with van der Waals surface area (Å²) in [4.78, 5) is 21.2. The predicted molar refractivity (Wildman–Crippen MR) is 70.8 cm³/mol. The van der Waals surface area contributed by atoms with Gasteiger partial charge in [0, 0.05) is 18.7 Å². The molecule has 0 bridgehead atoms. The molecule has 0 spiro atoms. The number of aliphatic carboxylic acids is 1. The van der Waals surface area contributed by atoms with Crippen LogP contribution in [0.2, 0.25) is 0 Å². The molecule has 104 valence electrons. The lowest BCUT2D eigenvalue weighted by atomic mass is 10.0. The van der Waals surface area contributed by atoms with Crippen LogP contribution in [0.1, 0.15) is 25.8 Å². The van der Waals surface area contributed by atoms with Gasteiger partial charge in [0.2, 0.25) is 0 Å². The van der Waals surface area contributed by atoms with Crippen LogP contribution in [0.4, 0.5) is 5.69 Å². The molecule has 6 heteroatoms. The number of hydrogen-bond acceptors (Lipinski definition) is 4. The smallest absolute Gasteiger partial charge is 0.320 e. The standard InChI is InChI=1S/C13H18N2O4/c1-9(2)6-12(13(16)17)14-8-10-4-3-5-11(7-10)15(18)19/h3-5,7,9,12,14H,6,8H2,1-2H3,(H,16,17)/t12-/m1/s1. The maximum absolute atomic E-state index is 11.1. The zero-order valence-electron chi connectivity index (χ0n) is 11.0. The van der Waals surface area contributed by atoms with Crippen molar-refractivity contribution in [3.8, 4) is 0 Å². The quantitative estimate of drug-likeness (QED) is 0.583. The van der Waals surface area contributed by atoms with Crippen molar-refractivity contribution in [2.24, 2.45) is 5.92 Å². The highest BCUT2D eigenvalue weighted by atomic mass is 16.6. The number of carboxylic acid groups (broad SMARTS) is 1. The number of benzene rings is 1. The maximum Gasteiger partial charge on any atom is 0.320 e. The highest BCUT2D eigenvalue weighted by molar-refractivity contribution is 5.73. The van der Waals surface area contributed by atoms with Crippen LogP contribution in [-0.4, -0.2) is 22.0 Å². The van der Waals surface area contributed by atoms with E-state index < -0.39 is 16.9 Å². The summed E-state index contributed by atoms with van der Waals surface area (Å²) in [6, 6.07) is 5.54. The summed E-state index contributed by atoms with van der Waals surface area (Å²) in [6.07, 6.45) is 0.518. The van der Waals surface area contributed by atoms with Crippen LogP contribution < -0.4 is 5.32 Å². The summed E-state index contributed by atoms with van der Waals surface area (Å²) in [6.45, 7) is 4.20. The molecule has 1 aromatic carbocycles. The van der Waals surface area contributed by atoms with E-state index in [1.165, 1.54) is 12.1 Å². The normalized spacial score (nSPS) is 12.4. The molecule has 0 radical (unpaired) electrons. The second-order valence-corrected chi connectivity index (χ2v) is 4.83. The van der Waals surface area contributed by atoms with Crippen molar-refractivity contribution in [1.82, 2.24) is 5.32 Å². The molecule has 0 amide bonds. The Morgan fingerprint density at radius 2 is 2.16 bits per heavy atom. The number of rotatable bonds is 7. The number of nitro groups is 1. The third-order valence-electron chi connectivity index (χ3n) is 2.68. The Bertz CT molecular complexity index is 460. The minimum Gasteiger partial charge on any atom is -0.480 e. The van der Waals surface area contributed by atoms with Gasteiger partial charge in [-0.05, 0) is 17.9 Å². The van der Waals surface area contributed by atoms with Gasteiger partial charge in [-0.1, -0.05) is 26.0 Å². The van der Waals surface area contributed by atoms with E-state index in [1.807, 2.05) is 13.8 Å². The Labute approximate surface area is 111 Å². The molecule has 0 heterocycles. The van der Waals surface area contributed by atoms with Crippen LogP contribution >= 0.6 is 0 Å². The van der Waals surface area contributed by atoms with Crippen molar-refractivity contribution >= 4 is 11.7 Å². The van der Waals surface area contributed by atoms with Gasteiger partial charge in [-0.2, -0.15) is 0 Å². The largest absolute Gasteiger partial charge is 0.480 e. The molecule has 6 nitrogen and oxygen atoms in total. The molecule has 2 N–H and O–H groups in total. The summed E-state index contributed by atoms with van der Waals surface area (Å²) in [5.74, 6) is -0.641. The van der Waals surface area contributed by atoms with Crippen LogP contribution in [0.25, 0.3) is 0 Å². The Balaban J connectivity index is 2.66. The van der Waals surface area contributed by atoms with Crippen LogP contribution in [0, 0.1) is 16.0 Å². The average Bonchev–Trinajstić information content (AvgIpc) is 2.34. The molecule has 0 aromatic heterocycles. The van der Waals surface area contributed by atoms with Gasteiger partial charge >= 0.3 is 5.97 Å². The number of hydrogen-bond donors (Lipinski definition) is 2. The summed E-state index contributed by atoms with van der Waals surface area (Å²) < 4.78 is 0. The molecule has 0 saturated carbocycles. The summed E-state index contributed by atoms with van der Waals surface area (Å²) in [5, 5.41) is 22.6. The average molecular weight is 266 g/mol. The maximum atomic E-state index is 11.1. The van der Waals surface area contributed by atoms with Crippen LogP contribution in [0.5, 0.6) is 0 Å². The van der Waals surface area contributed by atoms with Crippen molar-refractivity contribution in [1.29, 1.82) is 0 Å². The minimum atomic E-state index is -0.904. The lowest BCUT2D eigenvalue weighted by Gasteiger charge is -2.16. The fourth-order valence-electron chi connectivity index (χ4n) is 1.76. The van der Waals surface area contributed by atoms with Gasteiger partial charge < -0.3 is 10.4 Å². The van der Waals surface area contributed by atoms with E-state index in [4.69, 9.17) is 5.11 Å². The Morgan fingerprint density at radius 3 is 2.68 bits per heavy atom. The zero-order chi connectivity index (χ0) is 14.4. The zero-order valence-corrected chi connectivity index (χ0v) is 11.0. The fraction of sp³-hybridized carbons (Fsp3) is 0.462. The van der Waals surface area contributed by atoms with E-state index in [-0.39, 0.29) is 11.6 Å². The predicted octanol–water partition coefficient (Wildman–Crippen LogP) is 2.18. The number of nitrogens with one attached hydrogen (secondary N) is 1. The van der Waals surface area contributed by atoms with Crippen LogP contribution in [0.15, 0.2) is 24.3 Å². The molecule has 0 aliphatic heterocycles. The number of nitrogens with zero attached hydrogens (tertiary/aromatic N) is 1. The van der Waals surface area contributed by atoms with Gasteiger partial charge in [0.25, 0.3) is 5.69 Å². The summed E-state index contributed by atoms with van der Waals surface area (Å²) in [7, 11) is 0. The monoisotopic (exact) mass is 266 g/mol. The van der Waals surface area contributed by atoms with Gasteiger partial charge in [0.15, 0.2) is 0 Å². The number of carbonyl (C=O) groups is 1. The second-order valence-electron chi connectivity index (χ2n) is 4.83. The van der Waals surface area contributed by atoms with Gasteiger partial charge in [0.1, 0.15) is 6.04 Å². The first-order valence-corrected chi connectivity index (χ1v) is 6.09. The summed E-state index contributed by atoms with van der Waals surface area (Å²) >= 11 is 0. The molecule has 0 saturated heterocycles. The van der Waals surface area contributed by atoms with Crippen molar-refractivity contribution < 1.29 is 14.8 Å². The lowest BCUT2D eigenvalue weighted by molar-refractivity contribution is -0.384. The molecule has 0 aliphatic rings. The number of non-ortho nitro benzene ring substituents is 1. The summed E-state index contributed by atoms with van der Waals surface area (Å²) in [5.41, 5.74) is 0.708. The van der Waals surface area contributed by atoms with E-state index in [1.54, 1.807) is 12.1 Å². The molecule has 0 fully saturated rings. The van der Waals surface area contributed by atoms with E-state index in [0.29, 0.717) is 18.5 Å². The highest BCUT2D eigenvalue weighted by Crippen LogP contribution is 2.13. The van der Waals surface area contributed by atoms with E-state index in [0.717, 1.165) is 0 Å². The Kier molecular flexibility index (Phi) is 5.44. The van der Waals surface area contributed by atoms with Crippen LogP contribution in [0.3, 0.4) is 0 Å². The van der Waals surface area contributed by atoms with Crippen molar-refractivity contribution in [3.63, 3.8) is 0 Å². The minimum absolute atomic E-state index is 0.00929. The van der Waals surface area contributed by atoms with Gasteiger partial charge in [-0.15, -0.1) is 0 Å². The van der Waals surface area contributed by atoms with E-state index >= 15 is 0 Å². The van der Waals surface area contributed by atoms with Crippen molar-refractivity contribution in [3.05, 3.63) is 39.9 Å².